The van der Waals surface area contributed by atoms with Crippen molar-refractivity contribution in [3.8, 4) is 67.8 Å². The molecule has 6 heteroatoms. The van der Waals surface area contributed by atoms with E-state index < -0.39 is 0 Å². The molecule has 0 saturated heterocycles. The minimum atomic E-state index is 0.847. The van der Waals surface area contributed by atoms with Crippen molar-refractivity contribution in [1.29, 1.82) is 0 Å². The fourth-order valence-corrected chi connectivity index (χ4v) is 10.8. The monoisotopic (exact) mass is 868 g/mol. The molecular weight excluding hydrogens is 829 g/mol. The first kappa shape index (κ1) is 38.1. The summed E-state index contributed by atoms with van der Waals surface area (Å²) in [5, 5.41) is 9.50. The lowest BCUT2D eigenvalue weighted by atomic mass is 9.89. The topological polar surface area (TPSA) is 45.5 Å². The average molecular weight is 869 g/mol. The van der Waals surface area contributed by atoms with Gasteiger partial charge in [0.1, 0.15) is 12.7 Å². The Labute approximate surface area is 391 Å². The lowest BCUT2D eigenvalue weighted by molar-refractivity contribution is 1.06. The third kappa shape index (κ3) is 5.77. The van der Waals surface area contributed by atoms with Gasteiger partial charge in [0.25, 0.3) is 0 Å². The Morgan fingerprint density at radius 3 is 1.01 bits per heavy atom. The molecule has 0 amide bonds. The van der Waals surface area contributed by atoms with E-state index in [1.165, 1.54) is 54.2 Å². The Kier molecular flexibility index (Phi) is 8.48. The van der Waals surface area contributed by atoms with Crippen molar-refractivity contribution in [2.24, 2.45) is 0 Å². The third-order valence-electron chi connectivity index (χ3n) is 13.7. The van der Waals surface area contributed by atoms with Crippen LogP contribution >= 0.6 is 0 Å². The third-order valence-corrected chi connectivity index (χ3v) is 13.7. The molecule has 0 N–H and O–H groups in total. The van der Waals surface area contributed by atoms with Crippen molar-refractivity contribution in [1.82, 2.24) is 28.2 Å². The van der Waals surface area contributed by atoms with Crippen LogP contribution in [-0.4, -0.2) is 28.2 Å². The maximum Gasteiger partial charge on any atom is 0.156 e. The largest absolute Gasteiger partial charge is 0.304 e. The molecule has 0 aliphatic rings. The molecule has 0 unspecified atom stereocenters. The summed E-state index contributed by atoms with van der Waals surface area (Å²) in [5.41, 5.74) is 13.5. The summed E-state index contributed by atoms with van der Waals surface area (Å²) < 4.78 is 9.06. The minimum Gasteiger partial charge on any atom is -0.304 e. The van der Waals surface area contributed by atoms with Gasteiger partial charge >= 0.3 is 0 Å². The van der Waals surface area contributed by atoms with Crippen molar-refractivity contribution in [3.05, 3.63) is 243 Å². The van der Waals surface area contributed by atoms with E-state index in [4.69, 9.17) is 9.97 Å². The fourth-order valence-electron chi connectivity index (χ4n) is 10.8. The molecular formula is C62H40N6. The molecule has 4 heterocycles. The predicted octanol–water partition coefficient (Wildman–Crippen LogP) is 15.5. The zero-order valence-electron chi connectivity index (χ0n) is 36.8. The van der Waals surface area contributed by atoms with Gasteiger partial charge in [-0.2, -0.15) is 0 Å². The average Bonchev–Trinajstić information content (AvgIpc) is 4.23. The second-order valence-electron chi connectivity index (χ2n) is 17.5. The molecule has 0 saturated carbocycles. The van der Waals surface area contributed by atoms with Crippen LogP contribution in [-0.2, 0) is 0 Å². The van der Waals surface area contributed by atoms with Crippen LogP contribution in [0.3, 0.4) is 0 Å². The number of para-hydroxylation sites is 2. The maximum atomic E-state index is 5.21. The van der Waals surface area contributed by atoms with Gasteiger partial charge in [0.15, 0.2) is 11.6 Å². The molecule has 14 aromatic rings. The Balaban J connectivity index is 1.14. The maximum absolute atomic E-state index is 5.21. The summed E-state index contributed by atoms with van der Waals surface area (Å²) in [5.74, 6) is 1.69. The molecule has 0 radical (unpaired) electrons. The van der Waals surface area contributed by atoms with Crippen molar-refractivity contribution >= 4 is 54.1 Å². The Morgan fingerprint density at radius 2 is 0.647 bits per heavy atom. The minimum absolute atomic E-state index is 0.847. The van der Waals surface area contributed by atoms with E-state index in [0.29, 0.717) is 0 Å². The van der Waals surface area contributed by atoms with E-state index in [0.717, 1.165) is 67.7 Å². The molecule has 0 fully saturated rings. The van der Waals surface area contributed by atoms with Crippen LogP contribution < -0.4 is 0 Å². The SMILES string of the molecule is c1ccc(-c2c(-c3ccccc3)n(-c3cn(-c4ccccc4)cn3)c3c2cc2ccc4c5c(ccc3c25)cc2c(-c3ccccc3)c(-c3ccccc3)n(-c3cn(-c5ccccc5)cn3)c24)cc1. The van der Waals surface area contributed by atoms with Crippen LogP contribution in [0, 0.1) is 0 Å². The highest BCUT2D eigenvalue weighted by molar-refractivity contribution is 6.35. The molecule has 0 spiro atoms. The Hall–Kier alpha value is -9.26. The molecule has 6 nitrogen and oxygen atoms in total. The number of fused-ring (bicyclic) bond motifs is 4. The lowest BCUT2D eigenvalue weighted by Crippen LogP contribution is -2.00. The second kappa shape index (κ2) is 15.2. The Morgan fingerprint density at radius 1 is 0.309 bits per heavy atom. The van der Waals surface area contributed by atoms with Gasteiger partial charge in [-0.1, -0.05) is 182 Å². The molecule has 10 aromatic carbocycles. The Bertz CT molecular complexity index is 3880. The van der Waals surface area contributed by atoms with Gasteiger partial charge in [0.05, 0.1) is 34.8 Å². The number of rotatable bonds is 8. The molecule has 318 valence electrons. The number of hydrogen-bond donors (Lipinski definition) is 0. The summed E-state index contributed by atoms with van der Waals surface area (Å²) >= 11 is 0. The van der Waals surface area contributed by atoms with Crippen LogP contribution in [0.25, 0.3) is 122 Å². The van der Waals surface area contributed by atoms with E-state index in [2.05, 4.69) is 237 Å². The highest BCUT2D eigenvalue weighted by atomic mass is 15.2. The standard InChI is InChI=1S/C62H40N6/c1-7-19-41(20-8-1)57-51-35-45-31-34-50-56-46(32-33-49(55(45)56)61(51)67(59(57)43-23-11-3-12-24-43)53-37-65(39-63-53)47-27-15-5-16-28-47)36-52-58(42-21-9-2-10-22-42)60(44-25-13-4-14-26-44)68(62(50)52)54-38-66(40-64-54)48-29-17-6-18-30-48/h1-40H. The number of imidazole rings is 2. The first-order valence-corrected chi connectivity index (χ1v) is 23.1. The van der Waals surface area contributed by atoms with Gasteiger partial charge < -0.3 is 9.13 Å². The number of nitrogens with zero attached hydrogens (tertiary/aromatic N) is 6. The van der Waals surface area contributed by atoms with Crippen LogP contribution in [0.1, 0.15) is 0 Å². The first-order valence-electron chi connectivity index (χ1n) is 23.1. The molecule has 14 rings (SSSR count). The van der Waals surface area contributed by atoms with Gasteiger partial charge in [-0.3, -0.25) is 9.13 Å². The summed E-state index contributed by atoms with van der Waals surface area (Å²) in [6.45, 7) is 0. The first-order chi connectivity index (χ1) is 33.8. The molecule has 4 aromatic heterocycles. The summed E-state index contributed by atoms with van der Waals surface area (Å²) in [6.07, 6.45) is 8.19. The summed E-state index contributed by atoms with van der Waals surface area (Å²) in [6, 6.07) is 78.3. The van der Waals surface area contributed by atoms with E-state index in [1.807, 2.05) is 24.8 Å². The van der Waals surface area contributed by atoms with E-state index >= 15 is 0 Å². The van der Waals surface area contributed by atoms with Crippen molar-refractivity contribution in [2.45, 2.75) is 0 Å². The molecule has 0 atom stereocenters. The summed E-state index contributed by atoms with van der Waals surface area (Å²) in [7, 11) is 0. The zero-order valence-corrected chi connectivity index (χ0v) is 36.8. The predicted molar refractivity (Wildman–Crippen MR) is 280 cm³/mol. The van der Waals surface area contributed by atoms with Crippen LogP contribution in [0.4, 0.5) is 0 Å². The molecule has 0 aliphatic heterocycles. The quantitative estimate of drug-likeness (QED) is 0.143. The van der Waals surface area contributed by atoms with Crippen molar-refractivity contribution in [3.63, 3.8) is 0 Å². The molecule has 0 bridgehead atoms. The highest BCUT2D eigenvalue weighted by Crippen LogP contribution is 2.51. The highest BCUT2D eigenvalue weighted by Gasteiger charge is 2.29. The normalized spacial score (nSPS) is 11.8. The van der Waals surface area contributed by atoms with E-state index in [9.17, 15) is 0 Å². The number of benzene rings is 10. The van der Waals surface area contributed by atoms with Crippen LogP contribution in [0.15, 0.2) is 243 Å². The smallest absolute Gasteiger partial charge is 0.156 e. The van der Waals surface area contributed by atoms with Gasteiger partial charge in [-0.05, 0) is 80.2 Å². The van der Waals surface area contributed by atoms with Crippen LogP contribution in [0.2, 0.25) is 0 Å². The van der Waals surface area contributed by atoms with Gasteiger partial charge in [0.2, 0.25) is 0 Å². The molecule has 0 aliphatic carbocycles. The number of hydrogen-bond acceptors (Lipinski definition) is 2. The van der Waals surface area contributed by atoms with Gasteiger partial charge in [-0.25, -0.2) is 9.97 Å². The lowest BCUT2D eigenvalue weighted by Gasteiger charge is -2.16. The van der Waals surface area contributed by atoms with Gasteiger partial charge in [0, 0.05) is 44.0 Å². The molecule has 68 heavy (non-hydrogen) atoms. The van der Waals surface area contributed by atoms with Gasteiger partial charge in [-0.15, -0.1) is 0 Å². The van der Waals surface area contributed by atoms with Crippen molar-refractivity contribution in [2.75, 3.05) is 0 Å². The second-order valence-corrected chi connectivity index (χ2v) is 17.5. The summed E-state index contributed by atoms with van der Waals surface area (Å²) in [4.78, 5) is 10.4. The van der Waals surface area contributed by atoms with Crippen molar-refractivity contribution < 1.29 is 0 Å². The zero-order chi connectivity index (χ0) is 44.7. The van der Waals surface area contributed by atoms with E-state index in [-0.39, 0.29) is 0 Å². The fraction of sp³-hybridized carbons (Fsp3) is 0. The number of aromatic nitrogens is 6. The van der Waals surface area contributed by atoms with E-state index in [1.54, 1.807) is 0 Å². The van der Waals surface area contributed by atoms with Crippen LogP contribution in [0.5, 0.6) is 0 Å².